The van der Waals surface area contributed by atoms with Crippen molar-refractivity contribution in [2.75, 3.05) is 19.7 Å². The zero-order chi connectivity index (χ0) is 11.4. The smallest absolute Gasteiger partial charge is 0.123 e. The minimum Gasteiger partial charge on any atom is -0.492 e. The maximum absolute atomic E-state index is 5.68. The largest absolute Gasteiger partial charge is 0.492 e. The highest BCUT2D eigenvalue weighted by atomic mass is 32.1. The van der Waals surface area contributed by atoms with Gasteiger partial charge in [0.2, 0.25) is 0 Å². The zero-order valence-corrected chi connectivity index (χ0v) is 10.0. The van der Waals surface area contributed by atoms with Gasteiger partial charge in [-0.05, 0) is 6.07 Å². The van der Waals surface area contributed by atoms with Gasteiger partial charge in [0.15, 0.2) is 0 Å². The second-order valence-corrected chi connectivity index (χ2v) is 4.47. The molecule has 1 heterocycles. The summed E-state index contributed by atoms with van der Waals surface area (Å²) in [6.07, 6.45) is 0.775. The van der Waals surface area contributed by atoms with E-state index in [1.165, 1.54) is 5.56 Å². The predicted octanol–water partition coefficient (Wildman–Crippen LogP) is 1.56. The molecule has 1 aromatic rings. The first-order valence-electron chi connectivity index (χ1n) is 5.47. The van der Waals surface area contributed by atoms with Crippen molar-refractivity contribution in [3.63, 3.8) is 0 Å². The number of benzene rings is 1. The van der Waals surface area contributed by atoms with Gasteiger partial charge >= 0.3 is 0 Å². The van der Waals surface area contributed by atoms with Crippen LogP contribution < -0.4 is 10.5 Å². The zero-order valence-electron chi connectivity index (χ0n) is 9.19. The number of nitrogens with two attached hydrogens (primary N) is 1. The van der Waals surface area contributed by atoms with E-state index in [4.69, 9.17) is 22.7 Å². The molecule has 1 aromatic carbocycles. The summed E-state index contributed by atoms with van der Waals surface area (Å²) < 4.78 is 5.68. The standard InChI is InChI=1S/C12H16N2OS/c13-12(16)5-6-14-7-8-15-11-4-2-1-3-10(11)9-14/h1-4H,5-9H2,(H2,13,16). The molecule has 2 rings (SSSR count). The molecule has 16 heavy (non-hydrogen) atoms. The summed E-state index contributed by atoms with van der Waals surface area (Å²) in [6, 6.07) is 8.17. The van der Waals surface area contributed by atoms with Crippen LogP contribution >= 0.6 is 12.2 Å². The Labute approximate surface area is 101 Å². The van der Waals surface area contributed by atoms with Gasteiger partial charge in [-0.25, -0.2) is 0 Å². The van der Waals surface area contributed by atoms with Crippen LogP contribution in [0, 0.1) is 0 Å². The average Bonchev–Trinajstić information content (AvgIpc) is 2.47. The lowest BCUT2D eigenvalue weighted by Gasteiger charge is -2.18. The molecule has 0 aromatic heterocycles. The van der Waals surface area contributed by atoms with Gasteiger partial charge in [0, 0.05) is 31.6 Å². The fourth-order valence-electron chi connectivity index (χ4n) is 1.84. The summed E-state index contributed by atoms with van der Waals surface area (Å²) in [5.41, 5.74) is 6.76. The number of ether oxygens (including phenoxy) is 1. The lowest BCUT2D eigenvalue weighted by atomic mass is 10.2. The van der Waals surface area contributed by atoms with Crippen molar-refractivity contribution < 1.29 is 4.74 Å². The minimum absolute atomic E-state index is 0.582. The first kappa shape index (κ1) is 11.4. The lowest BCUT2D eigenvalue weighted by Crippen LogP contribution is -2.29. The molecule has 0 unspecified atom stereocenters. The average molecular weight is 236 g/mol. The van der Waals surface area contributed by atoms with E-state index in [1.807, 2.05) is 18.2 Å². The second kappa shape index (κ2) is 5.27. The monoisotopic (exact) mass is 236 g/mol. The maximum atomic E-state index is 5.68. The van der Waals surface area contributed by atoms with Crippen molar-refractivity contribution >= 4 is 17.2 Å². The van der Waals surface area contributed by atoms with Gasteiger partial charge < -0.3 is 10.5 Å². The van der Waals surface area contributed by atoms with Crippen LogP contribution in [0.15, 0.2) is 24.3 Å². The number of thiocarbonyl (C=S) groups is 1. The molecule has 86 valence electrons. The van der Waals surface area contributed by atoms with E-state index < -0.39 is 0 Å². The van der Waals surface area contributed by atoms with Crippen molar-refractivity contribution in [2.24, 2.45) is 5.73 Å². The molecule has 1 aliphatic rings. The highest BCUT2D eigenvalue weighted by Crippen LogP contribution is 2.22. The third-order valence-electron chi connectivity index (χ3n) is 2.71. The van der Waals surface area contributed by atoms with E-state index in [1.54, 1.807) is 0 Å². The fourth-order valence-corrected chi connectivity index (χ4v) is 1.93. The topological polar surface area (TPSA) is 38.5 Å². The van der Waals surface area contributed by atoms with Crippen LogP contribution in [0.2, 0.25) is 0 Å². The van der Waals surface area contributed by atoms with Crippen molar-refractivity contribution in [1.29, 1.82) is 0 Å². The van der Waals surface area contributed by atoms with Gasteiger partial charge in [-0.3, -0.25) is 4.90 Å². The summed E-state index contributed by atoms with van der Waals surface area (Å²) in [7, 11) is 0. The van der Waals surface area contributed by atoms with Crippen molar-refractivity contribution in [2.45, 2.75) is 13.0 Å². The van der Waals surface area contributed by atoms with Gasteiger partial charge in [-0.1, -0.05) is 30.4 Å². The Hall–Kier alpha value is -1.13. The summed E-state index contributed by atoms with van der Waals surface area (Å²) >= 11 is 4.90. The number of hydrogen-bond acceptors (Lipinski definition) is 3. The van der Waals surface area contributed by atoms with Crippen LogP contribution in [0.25, 0.3) is 0 Å². The highest BCUT2D eigenvalue weighted by Gasteiger charge is 2.14. The van der Waals surface area contributed by atoms with Gasteiger partial charge in [0.25, 0.3) is 0 Å². The molecule has 2 N–H and O–H groups in total. The van der Waals surface area contributed by atoms with Gasteiger partial charge in [0.05, 0.1) is 4.99 Å². The molecule has 0 fully saturated rings. The van der Waals surface area contributed by atoms with Crippen molar-refractivity contribution in [1.82, 2.24) is 4.90 Å². The highest BCUT2D eigenvalue weighted by molar-refractivity contribution is 7.80. The number of fused-ring (bicyclic) bond motifs is 1. The second-order valence-electron chi connectivity index (χ2n) is 3.95. The van der Waals surface area contributed by atoms with Crippen LogP contribution in [-0.2, 0) is 6.54 Å². The number of hydrogen-bond donors (Lipinski definition) is 1. The maximum Gasteiger partial charge on any atom is 0.123 e. The first-order chi connectivity index (χ1) is 7.75. The Balaban J connectivity index is 2.02. The van der Waals surface area contributed by atoms with E-state index in [0.29, 0.717) is 4.99 Å². The van der Waals surface area contributed by atoms with Crippen molar-refractivity contribution in [3.8, 4) is 5.75 Å². The quantitative estimate of drug-likeness (QED) is 0.808. The molecule has 3 nitrogen and oxygen atoms in total. The van der Waals surface area contributed by atoms with Gasteiger partial charge in [-0.15, -0.1) is 0 Å². The Morgan fingerprint density at radius 3 is 3.06 bits per heavy atom. The van der Waals surface area contributed by atoms with Crippen LogP contribution in [-0.4, -0.2) is 29.6 Å². The molecular formula is C12H16N2OS. The Morgan fingerprint density at radius 1 is 1.44 bits per heavy atom. The molecule has 0 bridgehead atoms. The van der Waals surface area contributed by atoms with Gasteiger partial charge in [-0.2, -0.15) is 0 Å². The Bertz CT molecular complexity index is 381. The lowest BCUT2D eigenvalue weighted by molar-refractivity contribution is 0.230. The molecule has 0 saturated carbocycles. The van der Waals surface area contributed by atoms with Crippen LogP contribution in [0.3, 0.4) is 0 Å². The SMILES string of the molecule is NC(=S)CCN1CCOc2ccccc2C1. The molecule has 0 spiro atoms. The molecule has 0 saturated heterocycles. The summed E-state index contributed by atoms with van der Waals surface area (Å²) in [4.78, 5) is 2.91. The molecule has 0 amide bonds. The van der Waals surface area contributed by atoms with Gasteiger partial charge in [0.1, 0.15) is 12.4 Å². The number of rotatable bonds is 3. The van der Waals surface area contributed by atoms with E-state index >= 15 is 0 Å². The van der Waals surface area contributed by atoms with Crippen LogP contribution in [0.1, 0.15) is 12.0 Å². The molecular weight excluding hydrogens is 220 g/mol. The molecule has 0 atom stereocenters. The summed E-state index contributed by atoms with van der Waals surface area (Å²) in [5.74, 6) is 1.00. The third-order valence-corrected chi connectivity index (χ3v) is 2.91. The molecule has 1 aliphatic heterocycles. The Morgan fingerprint density at radius 2 is 2.25 bits per heavy atom. The third kappa shape index (κ3) is 2.93. The van der Waals surface area contributed by atoms with Crippen LogP contribution in [0.5, 0.6) is 5.75 Å². The normalized spacial score (nSPS) is 16.0. The number of nitrogens with zero attached hydrogens (tertiary/aromatic N) is 1. The van der Waals surface area contributed by atoms with E-state index in [9.17, 15) is 0 Å². The number of para-hydroxylation sites is 1. The van der Waals surface area contributed by atoms with E-state index in [-0.39, 0.29) is 0 Å². The predicted molar refractivity (Wildman–Crippen MR) is 68.6 cm³/mol. The minimum atomic E-state index is 0.582. The fraction of sp³-hybridized carbons (Fsp3) is 0.417. The van der Waals surface area contributed by atoms with E-state index in [0.717, 1.165) is 38.4 Å². The van der Waals surface area contributed by atoms with E-state index in [2.05, 4.69) is 11.0 Å². The molecule has 4 heteroatoms. The Kier molecular flexibility index (Phi) is 3.74. The van der Waals surface area contributed by atoms with Crippen LogP contribution in [0.4, 0.5) is 0 Å². The first-order valence-corrected chi connectivity index (χ1v) is 5.88. The molecule has 0 radical (unpaired) electrons. The summed E-state index contributed by atoms with van der Waals surface area (Å²) in [5, 5.41) is 0. The van der Waals surface area contributed by atoms with Crippen molar-refractivity contribution in [3.05, 3.63) is 29.8 Å². The summed E-state index contributed by atoms with van der Waals surface area (Å²) in [6.45, 7) is 3.48. The molecule has 0 aliphatic carbocycles.